The zero-order valence-electron chi connectivity index (χ0n) is 13.8. The number of hydrogen-bond acceptors (Lipinski definition) is 4. The Bertz CT molecular complexity index is 742. The van der Waals surface area contributed by atoms with Crippen molar-refractivity contribution < 1.29 is 19.4 Å². The Labute approximate surface area is 146 Å². The number of carboxylic acids is 1. The van der Waals surface area contributed by atoms with Crippen LogP contribution in [0.2, 0.25) is 0 Å². The summed E-state index contributed by atoms with van der Waals surface area (Å²) in [5.74, 6) is -1.33. The van der Waals surface area contributed by atoms with E-state index >= 15 is 0 Å². The summed E-state index contributed by atoms with van der Waals surface area (Å²) in [7, 11) is 0. The first-order valence-electron chi connectivity index (χ1n) is 8.27. The molecule has 0 radical (unpaired) electrons. The van der Waals surface area contributed by atoms with Crippen LogP contribution in [0.4, 0.5) is 0 Å². The Balaban J connectivity index is 1.79. The van der Waals surface area contributed by atoms with Crippen LogP contribution in [0.3, 0.4) is 0 Å². The van der Waals surface area contributed by atoms with Crippen molar-refractivity contribution in [1.82, 2.24) is 9.88 Å². The van der Waals surface area contributed by atoms with E-state index in [-0.39, 0.29) is 17.6 Å². The molecular formula is C19H20N2O4. The molecule has 1 aromatic carbocycles. The molecule has 0 spiro atoms. The van der Waals surface area contributed by atoms with Crippen molar-refractivity contribution in [2.24, 2.45) is 0 Å². The highest BCUT2D eigenvalue weighted by Gasteiger charge is 2.28. The van der Waals surface area contributed by atoms with E-state index in [0.29, 0.717) is 25.3 Å². The quantitative estimate of drug-likeness (QED) is 0.872. The third-order valence-electron chi connectivity index (χ3n) is 4.32. The molecule has 3 rings (SSSR count). The minimum atomic E-state index is -1.14. The number of aromatic carboxylic acids is 1. The molecule has 1 amide bonds. The maximum absolute atomic E-state index is 13.0. The van der Waals surface area contributed by atoms with E-state index in [4.69, 9.17) is 9.84 Å². The molecule has 1 aromatic heterocycles. The number of nitrogens with zero attached hydrogens (tertiary/aromatic N) is 2. The van der Waals surface area contributed by atoms with Gasteiger partial charge in [-0.05, 0) is 30.5 Å². The summed E-state index contributed by atoms with van der Waals surface area (Å²) in [6.45, 7) is 1.70. The number of ether oxygens (including phenoxy) is 1. The van der Waals surface area contributed by atoms with Gasteiger partial charge in [-0.3, -0.25) is 4.79 Å². The van der Waals surface area contributed by atoms with E-state index in [2.05, 4.69) is 4.98 Å². The summed E-state index contributed by atoms with van der Waals surface area (Å²) >= 11 is 0. The first-order chi connectivity index (χ1) is 12.1. The Morgan fingerprint density at radius 1 is 1.24 bits per heavy atom. The largest absolute Gasteiger partial charge is 0.477 e. The summed E-state index contributed by atoms with van der Waals surface area (Å²) < 4.78 is 5.44. The smallest absolute Gasteiger partial charge is 0.354 e. The summed E-state index contributed by atoms with van der Waals surface area (Å²) in [6.07, 6.45) is 2.88. The lowest BCUT2D eigenvalue weighted by molar-refractivity contribution is 0.0656. The molecule has 2 aromatic rings. The number of hydrogen-bond donors (Lipinski definition) is 1. The Morgan fingerprint density at radius 3 is 2.72 bits per heavy atom. The SMILES string of the molecule is O=C(O)c1cc(C(=O)N(CCc2ccccc2)C2CCOC2)ccn1. The van der Waals surface area contributed by atoms with Crippen LogP contribution >= 0.6 is 0 Å². The van der Waals surface area contributed by atoms with Crippen molar-refractivity contribution in [2.45, 2.75) is 18.9 Å². The zero-order chi connectivity index (χ0) is 17.6. The molecule has 1 atom stereocenters. The first kappa shape index (κ1) is 17.1. The lowest BCUT2D eigenvalue weighted by Crippen LogP contribution is -2.42. The Kier molecular flexibility index (Phi) is 5.40. The van der Waals surface area contributed by atoms with E-state index < -0.39 is 5.97 Å². The standard InChI is InChI=1S/C19H20N2O4/c22-18(15-6-9-20-17(12-15)19(23)24)21(16-8-11-25-13-16)10-7-14-4-2-1-3-5-14/h1-6,9,12,16H,7-8,10-11,13H2,(H,23,24). The van der Waals surface area contributed by atoms with E-state index in [9.17, 15) is 9.59 Å². The van der Waals surface area contributed by atoms with Gasteiger partial charge in [-0.2, -0.15) is 0 Å². The predicted octanol–water partition coefficient (Wildman–Crippen LogP) is 2.25. The van der Waals surface area contributed by atoms with Crippen molar-refractivity contribution in [3.8, 4) is 0 Å². The summed E-state index contributed by atoms with van der Waals surface area (Å²) in [5.41, 5.74) is 1.36. The minimum absolute atomic E-state index is 0.0117. The second kappa shape index (κ2) is 7.90. The molecule has 1 aliphatic rings. The van der Waals surface area contributed by atoms with Gasteiger partial charge in [-0.1, -0.05) is 30.3 Å². The van der Waals surface area contributed by atoms with Gasteiger partial charge in [0.1, 0.15) is 5.69 Å². The predicted molar refractivity (Wildman–Crippen MR) is 91.6 cm³/mol. The fourth-order valence-corrected chi connectivity index (χ4v) is 2.96. The summed E-state index contributed by atoms with van der Waals surface area (Å²) in [6, 6.07) is 12.9. The van der Waals surface area contributed by atoms with Gasteiger partial charge in [0.15, 0.2) is 0 Å². The highest BCUT2D eigenvalue weighted by molar-refractivity contribution is 5.96. The molecule has 25 heavy (non-hydrogen) atoms. The van der Waals surface area contributed by atoms with Crippen LogP contribution in [0.15, 0.2) is 48.7 Å². The van der Waals surface area contributed by atoms with Gasteiger partial charge < -0.3 is 14.7 Å². The summed E-state index contributed by atoms with van der Waals surface area (Å²) in [5, 5.41) is 9.09. The topological polar surface area (TPSA) is 79.7 Å². The van der Waals surface area contributed by atoms with Gasteiger partial charge in [-0.25, -0.2) is 9.78 Å². The number of pyridine rings is 1. The van der Waals surface area contributed by atoms with Crippen LogP contribution in [-0.2, 0) is 11.2 Å². The fourth-order valence-electron chi connectivity index (χ4n) is 2.96. The number of carbonyl (C=O) groups excluding carboxylic acids is 1. The second-order valence-electron chi connectivity index (χ2n) is 5.99. The highest BCUT2D eigenvalue weighted by Crippen LogP contribution is 2.17. The Morgan fingerprint density at radius 2 is 2.04 bits per heavy atom. The number of rotatable bonds is 6. The van der Waals surface area contributed by atoms with E-state index in [0.717, 1.165) is 18.4 Å². The Hall–Kier alpha value is -2.73. The molecule has 0 bridgehead atoms. The lowest BCUT2D eigenvalue weighted by atomic mass is 10.1. The molecule has 1 aliphatic heterocycles. The van der Waals surface area contributed by atoms with Crippen LogP contribution in [0.5, 0.6) is 0 Å². The molecule has 2 heterocycles. The molecule has 0 saturated carbocycles. The van der Waals surface area contributed by atoms with Crippen molar-refractivity contribution in [1.29, 1.82) is 0 Å². The number of aromatic nitrogens is 1. The van der Waals surface area contributed by atoms with Crippen molar-refractivity contribution in [2.75, 3.05) is 19.8 Å². The van der Waals surface area contributed by atoms with Crippen LogP contribution in [0.25, 0.3) is 0 Å². The molecule has 130 valence electrons. The highest BCUT2D eigenvalue weighted by atomic mass is 16.5. The number of amides is 1. The van der Waals surface area contributed by atoms with E-state index in [1.807, 2.05) is 30.3 Å². The third kappa shape index (κ3) is 4.22. The number of benzene rings is 1. The van der Waals surface area contributed by atoms with Crippen LogP contribution in [-0.4, -0.2) is 52.7 Å². The van der Waals surface area contributed by atoms with Gasteiger partial charge in [-0.15, -0.1) is 0 Å². The number of carbonyl (C=O) groups is 2. The number of carboxylic acid groups (broad SMARTS) is 1. The van der Waals surface area contributed by atoms with Gasteiger partial charge >= 0.3 is 5.97 Å². The van der Waals surface area contributed by atoms with Crippen molar-refractivity contribution >= 4 is 11.9 Å². The minimum Gasteiger partial charge on any atom is -0.477 e. The monoisotopic (exact) mass is 340 g/mol. The van der Waals surface area contributed by atoms with Crippen LogP contribution in [0, 0.1) is 0 Å². The summed E-state index contributed by atoms with van der Waals surface area (Å²) in [4.78, 5) is 29.7. The average molecular weight is 340 g/mol. The molecule has 1 N–H and O–H groups in total. The molecule has 1 fully saturated rings. The van der Waals surface area contributed by atoms with Crippen molar-refractivity contribution in [3.63, 3.8) is 0 Å². The second-order valence-corrected chi connectivity index (χ2v) is 5.99. The first-order valence-corrected chi connectivity index (χ1v) is 8.27. The fraction of sp³-hybridized carbons (Fsp3) is 0.316. The normalized spacial score (nSPS) is 16.6. The lowest BCUT2D eigenvalue weighted by Gasteiger charge is -2.28. The molecule has 1 unspecified atom stereocenters. The van der Waals surface area contributed by atoms with E-state index in [1.54, 1.807) is 11.0 Å². The van der Waals surface area contributed by atoms with Crippen molar-refractivity contribution in [3.05, 3.63) is 65.5 Å². The molecular weight excluding hydrogens is 320 g/mol. The maximum Gasteiger partial charge on any atom is 0.354 e. The van der Waals surface area contributed by atoms with Gasteiger partial charge in [0.05, 0.1) is 12.6 Å². The molecule has 1 saturated heterocycles. The molecule has 0 aliphatic carbocycles. The zero-order valence-corrected chi connectivity index (χ0v) is 13.8. The van der Waals surface area contributed by atoms with E-state index in [1.165, 1.54) is 12.3 Å². The van der Waals surface area contributed by atoms with Gasteiger partial charge in [0, 0.05) is 24.9 Å². The molecule has 6 nitrogen and oxygen atoms in total. The molecule has 6 heteroatoms. The van der Waals surface area contributed by atoms with Gasteiger partial charge in [0.25, 0.3) is 5.91 Å². The van der Waals surface area contributed by atoms with Gasteiger partial charge in [0.2, 0.25) is 0 Å². The van der Waals surface area contributed by atoms with Crippen LogP contribution < -0.4 is 0 Å². The third-order valence-corrected chi connectivity index (χ3v) is 4.32. The van der Waals surface area contributed by atoms with Crippen LogP contribution in [0.1, 0.15) is 32.8 Å². The average Bonchev–Trinajstić information content (AvgIpc) is 3.17. The maximum atomic E-state index is 13.0.